The first kappa shape index (κ1) is 5.66. The third-order valence-electron chi connectivity index (χ3n) is 2.10. The first-order chi connectivity index (χ1) is 8.01. The van der Waals surface area contributed by atoms with E-state index >= 15 is 0 Å². The molecule has 2 aromatic rings. The number of ether oxygens (including phenoxy) is 1. The Kier molecular flexibility index (Phi) is 1.37. The molecule has 0 unspecified atom stereocenters. The van der Waals surface area contributed by atoms with Crippen LogP contribution in [0.5, 0.6) is 5.75 Å². The zero-order chi connectivity index (χ0) is 12.5. The topological polar surface area (TPSA) is 33.0 Å². The molecule has 2 aromatic carbocycles. The maximum absolute atomic E-state index is 8.96. The molecule has 0 fully saturated rings. The summed E-state index contributed by atoms with van der Waals surface area (Å²) in [5.74, 6) is 0.116. The van der Waals surface area contributed by atoms with Gasteiger partial charge >= 0.3 is 0 Å². The average Bonchev–Trinajstić information content (AvgIpc) is 2.28. The van der Waals surface area contributed by atoms with Crippen LogP contribution in [0.25, 0.3) is 10.8 Å². The van der Waals surface area contributed by atoms with Crippen molar-refractivity contribution in [2.45, 2.75) is 0 Å². The summed E-state index contributed by atoms with van der Waals surface area (Å²) < 4.78 is 26.3. The Morgan fingerprint density at radius 3 is 2.93 bits per heavy atom. The lowest BCUT2D eigenvalue weighted by molar-refractivity contribution is 0.418. The molecule has 0 saturated carbocycles. The molecule has 0 amide bonds. The van der Waals surface area contributed by atoms with Crippen molar-refractivity contribution in [3.8, 4) is 11.8 Å². The summed E-state index contributed by atoms with van der Waals surface area (Å²) in [6.07, 6.45) is 0. The molecule has 0 aliphatic carbocycles. The van der Waals surface area contributed by atoms with Crippen LogP contribution in [-0.2, 0) is 0 Å². The minimum absolute atomic E-state index is 0.116. The highest BCUT2D eigenvalue weighted by molar-refractivity contribution is 5.90. The van der Waals surface area contributed by atoms with Gasteiger partial charge < -0.3 is 4.74 Å². The maximum atomic E-state index is 8.96. The van der Waals surface area contributed by atoms with Crippen LogP contribution in [0.3, 0.4) is 0 Å². The van der Waals surface area contributed by atoms with Crippen molar-refractivity contribution in [2.24, 2.45) is 0 Å². The number of fused-ring (bicyclic) bond motifs is 1. The normalized spacial score (nSPS) is 13.8. The lowest BCUT2D eigenvalue weighted by Crippen LogP contribution is -1.89. The average molecular weight is 186 g/mol. The number of rotatable bonds is 1. The minimum Gasteiger partial charge on any atom is -0.495 e. The molecular formula is C12H9NO. The van der Waals surface area contributed by atoms with Gasteiger partial charge in [0.25, 0.3) is 0 Å². The predicted octanol–water partition coefficient (Wildman–Crippen LogP) is 2.72. The Bertz CT molecular complexity index is 599. The lowest BCUT2D eigenvalue weighted by Gasteiger charge is -2.06. The van der Waals surface area contributed by atoms with Crippen LogP contribution >= 0.6 is 0 Å². The molecule has 68 valence electrons. The van der Waals surface area contributed by atoms with Gasteiger partial charge in [0.15, 0.2) is 0 Å². The van der Waals surface area contributed by atoms with Gasteiger partial charge in [-0.2, -0.15) is 5.26 Å². The Balaban J connectivity index is 2.68. The zero-order valence-electron chi connectivity index (χ0n) is 10.3. The van der Waals surface area contributed by atoms with E-state index in [9.17, 15) is 0 Å². The standard InChI is InChI=1S/C12H9NO/c1-14-12-10(8-13)7-6-9-4-2-3-5-11(9)12/h2-7H,1H3/i1D3. The highest BCUT2D eigenvalue weighted by Gasteiger charge is 2.06. The molecule has 2 nitrogen and oxygen atoms in total. The second kappa shape index (κ2) is 3.39. The first-order valence-corrected chi connectivity index (χ1v) is 4.12. The summed E-state index contributed by atoms with van der Waals surface area (Å²) in [5, 5.41) is 10.4. The molecule has 0 aliphatic rings. The molecule has 0 bridgehead atoms. The quantitative estimate of drug-likeness (QED) is 0.686. The van der Waals surface area contributed by atoms with Gasteiger partial charge in [0.1, 0.15) is 11.8 Å². The molecule has 0 heterocycles. The van der Waals surface area contributed by atoms with Crippen molar-refractivity contribution < 1.29 is 8.85 Å². The van der Waals surface area contributed by atoms with Crippen molar-refractivity contribution in [1.82, 2.24) is 0 Å². The highest BCUT2D eigenvalue weighted by atomic mass is 16.5. The van der Waals surface area contributed by atoms with Gasteiger partial charge in [-0.15, -0.1) is 0 Å². The summed E-state index contributed by atoms with van der Waals surface area (Å²) >= 11 is 0. The molecule has 0 saturated heterocycles. The van der Waals surface area contributed by atoms with Gasteiger partial charge in [-0.1, -0.05) is 30.3 Å². The predicted molar refractivity (Wildman–Crippen MR) is 55.2 cm³/mol. The lowest BCUT2D eigenvalue weighted by atomic mass is 10.1. The number of benzene rings is 2. The molecule has 14 heavy (non-hydrogen) atoms. The van der Waals surface area contributed by atoms with Gasteiger partial charge in [0.2, 0.25) is 0 Å². The third kappa shape index (κ3) is 1.20. The van der Waals surface area contributed by atoms with Crippen LogP contribution < -0.4 is 4.74 Å². The summed E-state index contributed by atoms with van der Waals surface area (Å²) in [4.78, 5) is 0. The van der Waals surface area contributed by atoms with Gasteiger partial charge in [0.05, 0.1) is 16.7 Å². The second-order valence-electron chi connectivity index (χ2n) is 2.88. The van der Waals surface area contributed by atoms with Crippen LogP contribution in [-0.4, -0.2) is 7.04 Å². The van der Waals surface area contributed by atoms with Gasteiger partial charge in [0, 0.05) is 5.39 Å². The van der Waals surface area contributed by atoms with Crippen LogP contribution in [0.1, 0.15) is 9.68 Å². The summed E-state index contributed by atoms with van der Waals surface area (Å²) in [7, 11) is -2.56. The minimum atomic E-state index is -2.56. The Morgan fingerprint density at radius 1 is 1.29 bits per heavy atom. The van der Waals surface area contributed by atoms with E-state index in [1.165, 1.54) is 0 Å². The summed E-state index contributed by atoms with van der Waals surface area (Å²) in [6.45, 7) is 0. The number of hydrogen-bond donors (Lipinski definition) is 0. The van der Waals surface area contributed by atoms with Crippen molar-refractivity contribution in [3.05, 3.63) is 42.0 Å². The summed E-state index contributed by atoms with van der Waals surface area (Å²) in [5.41, 5.74) is 0.222. The Morgan fingerprint density at radius 2 is 2.14 bits per heavy atom. The fourth-order valence-corrected chi connectivity index (χ4v) is 1.44. The van der Waals surface area contributed by atoms with E-state index in [1.807, 2.05) is 18.2 Å². The Labute approximate surface area is 86.6 Å². The van der Waals surface area contributed by atoms with E-state index < -0.39 is 7.04 Å². The van der Waals surface area contributed by atoms with E-state index in [0.29, 0.717) is 5.39 Å². The van der Waals surface area contributed by atoms with Crippen molar-refractivity contribution >= 4 is 10.8 Å². The number of methoxy groups -OCH3 is 1. The first-order valence-electron chi connectivity index (χ1n) is 5.62. The zero-order valence-corrected chi connectivity index (χ0v) is 7.32. The third-order valence-corrected chi connectivity index (χ3v) is 2.10. The van der Waals surface area contributed by atoms with E-state index in [4.69, 9.17) is 14.1 Å². The van der Waals surface area contributed by atoms with Crippen molar-refractivity contribution in [1.29, 1.82) is 5.26 Å². The molecule has 0 radical (unpaired) electrons. The van der Waals surface area contributed by atoms with Crippen LogP contribution in [0, 0.1) is 11.3 Å². The molecule has 0 aliphatic heterocycles. The van der Waals surface area contributed by atoms with Crippen LogP contribution in [0.2, 0.25) is 0 Å². The highest BCUT2D eigenvalue weighted by Crippen LogP contribution is 2.28. The van der Waals surface area contributed by atoms with Crippen molar-refractivity contribution in [2.75, 3.05) is 7.04 Å². The molecule has 2 rings (SSSR count). The monoisotopic (exact) mass is 186 g/mol. The SMILES string of the molecule is [2H]C([2H])([2H])Oc1c(C#N)ccc2ccccc12. The molecule has 0 atom stereocenters. The summed E-state index contributed by atoms with van der Waals surface area (Å²) in [6, 6.07) is 12.4. The van der Waals surface area contributed by atoms with Crippen LogP contribution in [0.4, 0.5) is 0 Å². The number of nitrogens with zero attached hydrogens (tertiary/aromatic N) is 1. The van der Waals surface area contributed by atoms with Gasteiger partial charge in [-0.25, -0.2) is 0 Å². The smallest absolute Gasteiger partial charge is 0.144 e. The number of hydrogen-bond acceptors (Lipinski definition) is 2. The Hall–Kier alpha value is -2.01. The largest absolute Gasteiger partial charge is 0.495 e. The van der Waals surface area contributed by atoms with E-state index in [-0.39, 0.29) is 11.3 Å². The molecule has 2 heteroatoms. The molecule has 0 N–H and O–H groups in total. The van der Waals surface area contributed by atoms with Crippen molar-refractivity contribution in [3.63, 3.8) is 0 Å². The molecule has 0 aromatic heterocycles. The maximum Gasteiger partial charge on any atom is 0.144 e. The fraction of sp³-hybridized carbons (Fsp3) is 0.0833. The second-order valence-corrected chi connectivity index (χ2v) is 2.88. The van der Waals surface area contributed by atoms with Crippen LogP contribution in [0.15, 0.2) is 36.4 Å². The fourth-order valence-electron chi connectivity index (χ4n) is 1.44. The van der Waals surface area contributed by atoms with E-state index in [0.717, 1.165) is 5.39 Å². The molecule has 0 spiro atoms. The molecular weight excluding hydrogens is 174 g/mol. The van der Waals surface area contributed by atoms with Gasteiger partial charge in [-0.05, 0) is 11.5 Å². The number of nitriles is 1. The van der Waals surface area contributed by atoms with Gasteiger partial charge in [-0.3, -0.25) is 0 Å². The van der Waals surface area contributed by atoms with E-state index in [2.05, 4.69) is 0 Å². The van der Waals surface area contributed by atoms with E-state index in [1.54, 1.807) is 24.3 Å².